The molecule has 3 rings (SSSR count). The van der Waals surface area contributed by atoms with Crippen molar-refractivity contribution in [2.45, 2.75) is 12.8 Å². The first-order valence-electron chi connectivity index (χ1n) is 8.65. The quantitative estimate of drug-likeness (QED) is 0.485. The molecule has 3 aromatic rings. The van der Waals surface area contributed by atoms with Crippen LogP contribution in [0, 0.1) is 12.3 Å². The third-order valence-electron chi connectivity index (χ3n) is 4.34. The van der Waals surface area contributed by atoms with Gasteiger partial charge in [-0.3, -0.25) is 4.79 Å². The Morgan fingerprint density at radius 2 is 1.15 bits per heavy atom. The summed E-state index contributed by atoms with van der Waals surface area (Å²) in [7, 11) is 0. The fourth-order valence-corrected chi connectivity index (χ4v) is 6.97. The Balaban J connectivity index is 2.34. The zero-order chi connectivity index (χ0) is 18.2. The van der Waals surface area contributed by atoms with E-state index >= 15 is 0 Å². The molecule has 0 bridgehead atoms. The predicted octanol–water partition coefficient (Wildman–Crippen LogP) is 3.77. The standard InChI is InChI=1S/C24H21OP/c1-2-3-13-21(25)20-26(22-14-7-4-8-15-22,23-16-9-5-10-17-23)24-18-11-6-12-19-24/h1,4-12,14-20H,3,13H2. The number of benzene rings is 3. The molecule has 0 aliphatic carbocycles. The fourth-order valence-electron chi connectivity index (χ4n) is 3.14. The van der Waals surface area contributed by atoms with Gasteiger partial charge in [0, 0.05) is 12.8 Å². The van der Waals surface area contributed by atoms with Crippen molar-refractivity contribution in [2.24, 2.45) is 0 Å². The Morgan fingerprint density at radius 1 is 0.769 bits per heavy atom. The van der Waals surface area contributed by atoms with Crippen LogP contribution in [0.3, 0.4) is 0 Å². The maximum atomic E-state index is 12.8. The van der Waals surface area contributed by atoms with Gasteiger partial charge in [-0.2, -0.15) is 0 Å². The van der Waals surface area contributed by atoms with Gasteiger partial charge in [0.15, 0.2) is 5.78 Å². The molecule has 0 aliphatic heterocycles. The number of ketones is 1. The van der Waals surface area contributed by atoms with Crippen LogP contribution in [0.1, 0.15) is 12.8 Å². The summed E-state index contributed by atoms with van der Waals surface area (Å²) in [6.07, 6.45) is 6.21. The molecule has 0 heterocycles. The summed E-state index contributed by atoms with van der Waals surface area (Å²) in [6, 6.07) is 31.0. The van der Waals surface area contributed by atoms with Gasteiger partial charge >= 0.3 is 0 Å². The summed E-state index contributed by atoms with van der Waals surface area (Å²) < 4.78 is 0. The normalized spacial score (nSPS) is 10.7. The summed E-state index contributed by atoms with van der Waals surface area (Å²) in [5.41, 5.74) is 0. The first-order valence-corrected chi connectivity index (χ1v) is 10.5. The molecule has 0 fully saturated rings. The fraction of sp³-hybridized carbons (Fsp3) is 0.0833. The van der Waals surface area contributed by atoms with Crippen molar-refractivity contribution in [3.8, 4) is 12.3 Å². The lowest BCUT2D eigenvalue weighted by Crippen LogP contribution is -2.28. The number of carbonyl (C=O) groups excluding carboxylic acids is 1. The maximum Gasteiger partial charge on any atom is 0.157 e. The zero-order valence-electron chi connectivity index (χ0n) is 14.6. The van der Waals surface area contributed by atoms with Crippen LogP contribution in [-0.2, 0) is 4.79 Å². The van der Waals surface area contributed by atoms with Crippen LogP contribution in [-0.4, -0.2) is 11.6 Å². The monoisotopic (exact) mass is 356 g/mol. The van der Waals surface area contributed by atoms with Crippen LogP contribution in [0.4, 0.5) is 0 Å². The van der Waals surface area contributed by atoms with E-state index in [1.54, 1.807) is 0 Å². The third kappa shape index (κ3) is 3.72. The van der Waals surface area contributed by atoms with Gasteiger partial charge in [-0.05, 0) is 28.6 Å². The Morgan fingerprint density at radius 3 is 1.50 bits per heavy atom. The van der Waals surface area contributed by atoms with E-state index < -0.39 is 6.89 Å². The van der Waals surface area contributed by atoms with Gasteiger partial charge in [-0.1, -0.05) is 91.0 Å². The molecule has 0 amide bonds. The number of terminal acetylenes is 1. The highest BCUT2D eigenvalue weighted by molar-refractivity contribution is 7.95. The van der Waals surface area contributed by atoms with Gasteiger partial charge in [-0.25, -0.2) is 0 Å². The van der Waals surface area contributed by atoms with E-state index in [-0.39, 0.29) is 5.78 Å². The van der Waals surface area contributed by atoms with Crippen molar-refractivity contribution in [3.63, 3.8) is 0 Å². The average Bonchev–Trinajstić information content (AvgIpc) is 2.72. The second-order valence-corrected chi connectivity index (χ2v) is 9.28. The smallest absolute Gasteiger partial charge is 0.157 e. The first-order chi connectivity index (χ1) is 12.8. The number of Topliss-reactive ketones (excluding diaryl/α,β-unsaturated/α-hetero) is 1. The van der Waals surface area contributed by atoms with Crippen molar-refractivity contribution < 1.29 is 4.79 Å². The molecule has 0 saturated carbocycles. The molecule has 0 saturated heterocycles. The van der Waals surface area contributed by atoms with Gasteiger partial charge in [0.2, 0.25) is 0 Å². The lowest BCUT2D eigenvalue weighted by Gasteiger charge is -2.28. The molecule has 26 heavy (non-hydrogen) atoms. The maximum absolute atomic E-state index is 12.8. The van der Waals surface area contributed by atoms with Crippen LogP contribution in [0.25, 0.3) is 0 Å². The van der Waals surface area contributed by atoms with Crippen molar-refractivity contribution in [2.75, 3.05) is 0 Å². The van der Waals surface area contributed by atoms with Gasteiger partial charge in [0.1, 0.15) is 0 Å². The Hall–Kier alpha value is -2.81. The molecule has 0 radical (unpaired) electrons. The highest BCUT2D eigenvalue weighted by Crippen LogP contribution is 2.43. The number of hydrogen-bond donors (Lipinski definition) is 0. The molecule has 128 valence electrons. The van der Waals surface area contributed by atoms with Gasteiger partial charge in [0.05, 0.1) is 0 Å². The van der Waals surface area contributed by atoms with Crippen LogP contribution >= 0.6 is 6.89 Å². The highest BCUT2D eigenvalue weighted by Gasteiger charge is 2.25. The molecule has 0 N–H and O–H groups in total. The van der Waals surface area contributed by atoms with Gasteiger partial charge in [-0.15, -0.1) is 12.3 Å². The molecule has 0 atom stereocenters. The van der Waals surface area contributed by atoms with E-state index in [0.29, 0.717) is 12.8 Å². The van der Waals surface area contributed by atoms with Crippen LogP contribution in [0.5, 0.6) is 0 Å². The summed E-state index contributed by atoms with van der Waals surface area (Å²) in [5.74, 6) is 4.63. The Kier molecular flexibility index (Phi) is 5.90. The summed E-state index contributed by atoms with van der Waals surface area (Å²) in [6.45, 7) is -2.19. The molecule has 3 aromatic carbocycles. The average molecular weight is 356 g/mol. The molecular weight excluding hydrogens is 335 g/mol. The largest absolute Gasteiger partial charge is 0.295 e. The van der Waals surface area contributed by atoms with E-state index in [1.165, 1.54) is 15.9 Å². The first kappa shape index (κ1) is 18.0. The molecule has 1 nitrogen and oxygen atoms in total. The lowest BCUT2D eigenvalue weighted by molar-refractivity contribution is -0.112. The van der Waals surface area contributed by atoms with E-state index in [4.69, 9.17) is 6.42 Å². The predicted molar refractivity (Wildman–Crippen MR) is 114 cm³/mol. The molecule has 0 unspecified atom stereocenters. The minimum absolute atomic E-state index is 0.104. The van der Waals surface area contributed by atoms with Crippen LogP contribution in [0.2, 0.25) is 0 Å². The zero-order valence-corrected chi connectivity index (χ0v) is 15.5. The van der Waals surface area contributed by atoms with Gasteiger partial charge in [0.25, 0.3) is 0 Å². The number of carbonyl (C=O) groups is 1. The van der Waals surface area contributed by atoms with E-state index in [9.17, 15) is 4.79 Å². The second-order valence-electron chi connectivity index (χ2n) is 6.03. The molecular formula is C24H21OP. The topological polar surface area (TPSA) is 17.1 Å². The minimum atomic E-state index is -2.19. The number of rotatable bonds is 6. The molecule has 2 heteroatoms. The lowest BCUT2D eigenvalue weighted by atomic mass is 10.2. The van der Waals surface area contributed by atoms with Crippen molar-refractivity contribution in [3.05, 3.63) is 91.0 Å². The highest BCUT2D eigenvalue weighted by atomic mass is 31.2. The van der Waals surface area contributed by atoms with Gasteiger partial charge < -0.3 is 0 Å². The van der Waals surface area contributed by atoms with Crippen molar-refractivity contribution in [1.82, 2.24) is 0 Å². The molecule has 0 spiro atoms. The van der Waals surface area contributed by atoms with Crippen LogP contribution < -0.4 is 15.9 Å². The Bertz CT molecular complexity index is 848. The summed E-state index contributed by atoms with van der Waals surface area (Å²) in [5, 5.41) is 3.52. The summed E-state index contributed by atoms with van der Waals surface area (Å²) >= 11 is 0. The van der Waals surface area contributed by atoms with E-state index in [0.717, 1.165) is 0 Å². The van der Waals surface area contributed by atoms with Crippen molar-refractivity contribution >= 4 is 34.4 Å². The Labute approximate surface area is 155 Å². The van der Waals surface area contributed by atoms with E-state index in [1.807, 2.05) is 60.4 Å². The van der Waals surface area contributed by atoms with E-state index in [2.05, 4.69) is 42.3 Å². The second kappa shape index (κ2) is 8.52. The van der Waals surface area contributed by atoms with Crippen molar-refractivity contribution in [1.29, 1.82) is 0 Å². The number of hydrogen-bond acceptors (Lipinski definition) is 1. The minimum Gasteiger partial charge on any atom is -0.295 e. The van der Waals surface area contributed by atoms with Crippen LogP contribution in [0.15, 0.2) is 91.0 Å². The summed E-state index contributed by atoms with van der Waals surface area (Å²) in [4.78, 5) is 12.8. The third-order valence-corrected chi connectivity index (χ3v) is 8.36. The molecule has 0 aliphatic rings. The SMILES string of the molecule is C#CCCC(=O)C=P(c1ccccc1)(c1ccccc1)c1ccccc1. The molecule has 0 aromatic heterocycles.